The maximum atomic E-state index is 11.4. The van der Waals surface area contributed by atoms with E-state index in [1.54, 1.807) is 0 Å². The summed E-state index contributed by atoms with van der Waals surface area (Å²) in [7, 11) is 0. The molecule has 0 spiro atoms. The highest BCUT2D eigenvalue weighted by molar-refractivity contribution is 5.76. The molecule has 1 aliphatic rings. The van der Waals surface area contributed by atoms with E-state index in [1.165, 1.54) is 5.56 Å². The highest BCUT2D eigenvalue weighted by Gasteiger charge is 2.40. The summed E-state index contributed by atoms with van der Waals surface area (Å²) in [6.07, 6.45) is 7.62. The van der Waals surface area contributed by atoms with Gasteiger partial charge in [0.1, 0.15) is 0 Å². The van der Waals surface area contributed by atoms with E-state index in [9.17, 15) is 9.90 Å². The topological polar surface area (TPSA) is 37.3 Å². The lowest BCUT2D eigenvalue weighted by atomic mass is 9.70. The number of benzene rings is 1. The molecular weight excluding hydrogens is 200 g/mol. The van der Waals surface area contributed by atoms with Gasteiger partial charge in [-0.3, -0.25) is 4.79 Å². The molecule has 16 heavy (non-hydrogen) atoms. The smallest absolute Gasteiger partial charge is 0.310 e. The number of terminal acetylenes is 1. The zero-order valence-electron chi connectivity index (χ0n) is 9.07. The number of fused-ring (bicyclic) bond motifs is 1. The summed E-state index contributed by atoms with van der Waals surface area (Å²) in [6, 6.07) is 8.01. The first-order valence-corrected chi connectivity index (χ1v) is 5.42. The molecule has 0 aromatic heterocycles. The molecule has 0 heterocycles. The second-order valence-corrected chi connectivity index (χ2v) is 4.41. The highest BCUT2D eigenvalue weighted by Crippen LogP contribution is 2.38. The van der Waals surface area contributed by atoms with Crippen LogP contribution in [0.1, 0.15) is 24.0 Å². The molecule has 1 unspecified atom stereocenters. The number of carboxylic acids is 1. The van der Waals surface area contributed by atoms with Gasteiger partial charge in [-0.1, -0.05) is 24.3 Å². The molecule has 1 aromatic carbocycles. The van der Waals surface area contributed by atoms with Crippen molar-refractivity contribution in [1.82, 2.24) is 0 Å². The minimum Gasteiger partial charge on any atom is -0.481 e. The molecule has 0 radical (unpaired) electrons. The molecule has 82 valence electrons. The number of carboxylic acid groups (broad SMARTS) is 1. The lowest BCUT2D eigenvalue weighted by Gasteiger charge is -2.33. The van der Waals surface area contributed by atoms with Crippen LogP contribution in [-0.4, -0.2) is 11.1 Å². The maximum absolute atomic E-state index is 11.4. The number of aliphatic carboxylic acids is 1. The molecule has 0 aliphatic heterocycles. The van der Waals surface area contributed by atoms with Crippen molar-refractivity contribution < 1.29 is 9.90 Å². The lowest BCUT2D eigenvalue weighted by molar-refractivity contribution is -0.149. The van der Waals surface area contributed by atoms with E-state index in [-0.39, 0.29) is 0 Å². The lowest BCUT2D eigenvalue weighted by Crippen LogP contribution is -2.36. The van der Waals surface area contributed by atoms with Gasteiger partial charge in [-0.2, -0.15) is 0 Å². The van der Waals surface area contributed by atoms with Crippen LogP contribution < -0.4 is 0 Å². The van der Waals surface area contributed by atoms with Crippen molar-refractivity contribution in [3.63, 3.8) is 0 Å². The first-order chi connectivity index (χ1) is 7.68. The Morgan fingerprint density at radius 2 is 2.12 bits per heavy atom. The van der Waals surface area contributed by atoms with Crippen LogP contribution >= 0.6 is 0 Å². The Bertz CT molecular complexity index is 456. The third-order valence-electron chi connectivity index (χ3n) is 3.41. The van der Waals surface area contributed by atoms with Crippen molar-refractivity contribution in [1.29, 1.82) is 0 Å². The van der Waals surface area contributed by atoms with Gasteiger partial charge in [0.25, 0.3) is 0 Å². The standard InChI is InChI=1S/C14H14O2/c1-2-8-14(13(15)16)9-7-11-5-3-4-6-12(11)10-14/h1,3-6H,7-10H2,(H,15,16). The molecule has 0 bridgehead atoms. The van der Waals surface area contributed by atoms with Crippen molar-refractivity contribution in [3.05, 3.63) is 35.4 Å². The minimum atomic E-state index is -0.764. The van der Waals surface area contributed by atoms with E-state index in [2.05, 4.69) is 12.0 Å². The predicted molar refractivity (Wildman–Crippen MR) is 62.0 cm³/mol. The fraction of sp³-hybridized carbons (Fsp3) is 0.357. The molecule has 0 saturated carbocycles. The van der Waals surface area contributed by atoms with Crippen LogP contribution in [0.5, 0.6) is 0 Å². The molecule has 2 nitrogen and oxygen atoms in total. The van der Waals surface area contributed by atoms with Crippen LogP contribution in [0.3, 0.4) is 0 Å². The summed E-state index contributed by atoms with van der Waals surface area (Å²) in [4.78, 5) is 11.4. The zero-order valence-corrected chi connectivity index (χ0v) is 9.07. The van der Waals surface area contributed by atoms with Gasteiger partial charge in [0.2, 0.25) is 0 Å². The van der Waals surface area contributed by atoms with Gasteiger partial charge < -0.3 is 5.11 Å². The van der Waals surface area contributed by atoms with E-state index in [4.69, 9.17) is 6.42 Å². The van der Waals surface area contributed by atoms with E-state index in [0.717, 1.165) is 12.0 Å². The van der Waals surface area contributed by atoms with E-state index < -0.39 is 11.4 Å². The fourth-order valence-electron chi connectivity index (χ4n) is 2.41. The fourth-order valence-corrected chi connectivity index (χ4v) is 2.41. The zero-order chi connectivity index (χ0) is 11.6. The Kier molecular flexibility index (Phi) is 2.70. The average molecular weight is 214 g/mol. The molecule has 2 heteroatoms. The molecule has 0 fully saturated rings. The number of aryl methyl sites for hydroxylation is 1. The van der Waals surface area contributed by atoms with Crippen LogP contribution in [0.15, 0.2) is 24.3 Å². The Morgan fingerprint density at radius 3 is 2.75 bits per heavy atom. The van der Waals surface area contributed by atoms with Crippen molar-refractivity contribution in [2.45, 2.75) is 25.7 Å². The number of hydrogen-bond donors (Lipinski definition) is 1. The second kappa shape index (κ2) is 4.02. The average Bonchev–Trinajstić information content (AvgIpc) is 2.29. The minimum absolute atomic E-state index is 0.316. The molecule has 2 rings (SSSR count). The third kappa shape index (κ3) is 1.69. The Hall–Kier alpha value is -1.75. The summed E-state index contributed by atoms with van der Waals surface area (Å²) in [6.45, 7) is 0. The first-order valence-electron chi connectivity index (χ1n) is 5.42. The molecule has 1 aliphatic carbocycles. The monoisotopic (exact) mass is 214 g/mol. The number of hydrogen-bond acceptors (Lipinski definition) is 1. The van der Waals surface area contributed by atoms with Crippen LogP contribution in [0, 0.1) is 17.8 Å². The van der Waals surface area contributed by atoms with Crippen molar-refractivity contribution in [2.24, 2.45) is 5.41 Å². The summed E-state index contributed by atoms with van der Waals surface area (Å²) in [5.74, 6) is 1.75. The molecule has 1 aromatic rings. The third-order valence-corrected chi connectivity index (χ3v) is 3.41. The van der Waals surface area contributed by atoms with Crippen molar-refractivity contribution in [3.8, 4) is 12.3 Å². The quantitative estimate of drug-likeness (QED) is 0.767. The van der Waals surface area contributed by atoms with E-state index in [0.29, 0.717) is 19.3 Å². The van der Waals surface area contributed by atoms with Gasteiger partial charge in [-0.05, 0) is 30.4 Å². The largest absolute Gasteiger partial charge is 0.481 e. The van der Waals surface area contributed by atoms with Crippen LogP contribution in [0.4, 0.5) is 0 Å². The van der Waals surface area contributed by atoms with Gasteiger partial charge in [0, 0.05) is 6.42 Å². The van der Waals surface area contributed by atoms with Gasteiger partial charge >= 0.3 is 5.97 Å². The van der Waals surface area contributed by atoms with Crippen LogP contribution in [-0.2, 0) is 17.6 Å². The molecular formula is C14H14O2. The van der Waals surface area contributed by atoms with Gasteiger partial charge in [0.05, 0.1) is 5.41 Å². The van der Waals surface area contributed by atoms with Crippen LogP contribution in [0.25, 0.3) is 0 Å². The predicted octanol–water partition coefficient (Wildman–Crippen LogP) is 2.27. The van der Waals surface area contributed by atoms with Crippen LogP contribution in [0.2, 0.25) is 0 Å². The molecule has 0 saturated heterocycles. The SMILES string of the molecule is C#CCC1(C(=O)O)CCc2ccccc2C1. The molecule has 1 atom stereocenters. The highest BCUT2D eigenvalue weighted by atomic mass is 16.4. The maximum Gasteiger partial charge on any atom is 0.310 e. The van der Waals surface area contributed by atoms with Crippen molar-refractivity contribution in [2.75, 3.05) is 0 Å². The molecule has 1 N–H and O–H groups in total. The van der Waals surface area contributed by atoms with E-state index in [1.807, 2.05) is 18.2 Å². The molecule has 0 amide bonds. The number of rotatable bonds is 2. The van der Waals surface area contributed by atoms with Gasteiger partial charge in [-0.25, -0.2) is 0 Å². The summed E-state index contributed by atoms with van der Waals surface area (Å²) < 4.78 is 0. The Labute approximate surface area is 95.3 Å². The normalized spacial score (nSPS) is 23.2. The summed E-state index contributed by atoms with van der Waals surface area (Å²) in [5, 5.41) is 9.35. The van der Waals surface area contributed by atoms with Gasteiger partial charge in [-0.15, -0.1) is 12.3 Å². The second-order valence-electron chi connectivity index (χ2n) is 4.41. The first kappa shape index (κ1) is 10.8. The summed E-state index contributed by atoms with van der Waals surface area (Å²) >= 11 is 0. The Balaban J connectivity index is 2.35. The van der Waals surface area contributed by atoms with Gasteiger partial charge in [0.15, 0.2) is 0 Å². The van der Waals surface area contributed by atoms with Crippen molar-refractivity contribution >= 4 is 5.97 Å². The number of carbonyl (C=O) groups is 1. The Morgan fingerprint density at radius 1 is 1.44 bits per heavy atom. The summed E-state index contributed by atoms with van der Waals surface area (Å²) in [5.41, 5.74) is 1.64. The van der Waals surface area contributed by atoms with E-state index >= 15 is 0 Å².